The number of hydrogen-bond donors (Lipinski definition) is 0. The molecular formula is C22H16O4. The molecule has 0 saturated heterocycles. The van der Waals surface area contributed by atoms with Gasteiger partial charge in [0.1, 0.15) is 5.76 Å². The zero-order chi connectivity index (χ0) is 17.9. The molecular weight excluding hydrogens is 328 g/mol. The first-order valence-corrected chi connectivity index (χ1v) is 8.33. The van der Waals surface area contributed by atoms with E-state index in [-0.39, 0.29) is 12.4 Å². The monoisotopic (exact) mass is 344 g/mol. The minimum atomic E-state index is -0.582. The van der Waals surface area contributed by atoms with E-state index in [0.717, 1.165) is 17.5 Å². The van der Waals surface area contributed by atoms with Crippen LogP contribution >= 0.6 is 0 Å². The smallest absolute Gasteiger partial charge is 0.331 e. The van der Waals surface area contributed by atoms with Crippen LogP contribution in [0.15, 0.2) is 71.4 Å². The standard InChI is InChI=1S/C22H16O4/c23-21(14-26-22(24)10-9-18-5-3-11-25-18)17-8-7-16-12-15-4-1-2-6-19(15)20(16)13-17/h1-11,13H,12,14H2/b10-9+. The molecule has 0 unspecified atom stereocenters. The lowest BCUT2D eigenvalue weighted by molar-refractivity contribution is -0.136. The molecule has 0 spiro atoms. The Morgan fingerprint density at radius 3 is 2.69 bits per heavy atom. The second-order valence-electron chi connectivity index (χ2n) is 6.09. The third-order valence-electron chi connectivity index (χ3n) is 4.39. The Morgan fingerprint density at radius 2 is 1.85 bits per heavy atom. The molecule has 128 valence electrons. The topological polar surface area (TPSA) is 56.5 Å². The molecule has 1 heterocycles. The molecule has 0 bridgehead atoms. The van der Waals surface area contributed by atoms with E-state index in [4.69, 9.17) is 9.15 Å². The molecule has 4 nitrogen and oxygen atoms in total. The normalized spacial score (nSPS) is 12.0. The molecule has 2 aromatic carbocycles. The number of furan rings is 1. The number of benzene rings is 2. The van der Waals surface area contributed by atoms with Crippen molar-refractivity contribution in [1.29, 1.82) is 0 Å². The van der Waals surface area contributed by atoms with E-state index in [1.807, 2.05) is 24.3 Å². The number of carbonyl (C=O) groups is 2. The van der Waals surface area contributed by atoms with Gasteiger partial charge in [-0.2, -0.15) is 0 Å². The van der Waals surface area contributed by atoms with Gasteiger partial charge in [-0.1, -0.05) is 36.4 Å². The Morgan fingerprint density at radius 1 is 1.00 bits per heavy atom. The molecule has 0 saturated carbocycles. The average Bonchev–Trinajstić information content (AvgIpc) is 3.31. The van der Waals surface area contributed by atoms with Crippen LogP contribution in [0, 0.1) is 0 Å². The minimum Gasteiger partial charge on any atom is -0.465 e. The van der Waals surface area contributed by atoms with Gasteiger partial charge in [-0.3, -0.25) is 4.79 Å². The first-order chi connectivity index (χ1) is 12.7. The van der Waals surface area contributed by atoms with Gasteiger partial charge in [0.25, 0.3) is 0 Å². The van der Waals surface area contributed by atoms with Crippen molar-refractivity contribution < 1.29 is 18.7 Å². The number of Topliss-reactive ketones (excluding diaryl/α,β-unsaturated/α-hetero) is 1. The van der Waals surface area contributed by atoms with Crippen LogP contribution in [0.4, 0.5) is 0 Å². The molecule has 1 aromatic heterocycles. The molecule has 0 atom stereocenters. The summed E-state index contributed by atoms with van der Waals surface area (Å²) in [5.74, 6) is -0.260. The van der Waals surface area contributed by atoms with Gasteiger partial charge >= 0.3 is 5.97 Å². The van der Waals surface area contributed by atoms with Crippen LogP contribution < -0.4 is 0 Å². The first-order valence-electron chi connectivity index (χ1n) is 8.33. The maximum absolute atomic E-state index is 12.4. The van der Waals surface area contributed by atoms with Crippen LogP contribution in [-0.4, -0.2) is 18.4 Å². The molecule has 1 aliphatic carbocycles. The number of fused-ring (bicyclic) bond motifs is 3. The van der Waals surface area contributed by atoms with Gasteiger partial charge < -0.3 is 9.15 Å². The number of ketones is 1. The molecule has 0 N–H and O–H groups in total. The van der Waals surface area contributed by atoms with Crippen LogP contribution in [0.25, 0.3) is 17.2 Å². The highest BCUT2D eigenvalue weighted by Crippen LogP contribution is 2.36. The zero-order valence-electron chi connectivity index (χ0n) is 14.0. The summed E-state index contributed by atoms with van der Waals surface area (Å²) in [7, 11) is 0. The summed E-state index contributed by atoms with van der Waals surface area (Å²) >= 11 is 0. The van der Waals surface area contributed by atoms with Crippen molar-refractivity contribution in [3.8, 4) is 11.1 Å². The van der Waals surface area contributed by atoms with Crippen LogP contribution in [-0.2, 0) is 16.0 Å². The molecule has 3 aromatic rings. The van der Waals surface area contributed by atoms with Crippen molar-refractivity contribution in [3.63, 3.8) is 0 Å². The molecule has 0 aliphatic heterocycles. The number of rotatable bonds is 5. The number of esters is 1. The van der Waals surface area contributed by atoms with Gasteiger partial charge in [0.05, 0.1) is 6.26 Å². The van der Waals surface area contributed by atoms with E-state index in [9.17, 15) is 9.59 Å². The molecule has 0 radical (unpaired) electrons. The summed E-state index contributed by atoms with van der Waals surface area (Å²) < 4.78 is 10.1. The van der Waals surface area contributed by atoms with Gasteiger partial charge in [-0.15, -0.1) is 0 Å². The van der Waals surface area contributed by atoms with Gasteiger partial charge in [-0.25, -0.2) is 4.79 Å². The van der Waals surface area contributed by atoms with E-state index >= 15 is 0 Å². The second-order valence-corrected chi connectivity index (χ2v) is 6.09. The quantitative estimate of drug-likeness (QED) is 0.308. The van der Waals surface area contributed by atoms with Crippen molar-refractivity contribution in [1.82, 2.24) is 0 Å². The van der Waals surface area contributed by atoms with Gasteiger partial charge in [0.15, 0.2) is 12.4 Å². The van der Waals surface area contributed by atoms with Crippen LogP contribution in [0.5, 0.6) is 0 Å². The largest absolute Gasteiger partial charge is 0.465 e. The van der Waals surface area contributed by atoms with E-state index in [1.54, 1.807) is 18.2 Å². The highest BCUT2D eigenvalue weighted by molar-refractivity contribution is 6.00. The molecule has 1 aliphatic rings. The summed E-state index contributed by atoms with van der Waals surface area (Å²) in [6.07, 6.45) is 5.14. The molecule has 4 heteroatoms. The maximum atomic E-state index is 12.4. The Hall–Kier alpha value is -3.40. The summed E-state index contributed by atoms with van der Waals surface area (Å²) in [5.41, 5.74) is 5.26. The highest BCUT2D eigenvalue weighted by atomic mass is 16.5. The minimum absolute atomic E-state index is 0.225. The summed E-state index contributed by atoms with van der Waals surface area (Å²) in [5, 5.41) is 0. The number of ether oxygens (including phenoxy) is 1. The van der Waals surface area contributed by atoms with Gasteiger partial charge in [0.2, 0.25) is 0 Å². The predicted octanol–water partition coefficient (Wildman–Crippen LogP) is 4.29. The Bertz CT molecular complexity index is 997. The Balaban J connectivity index is 1.43. The van der Waals surface area contributed by atoms with E-state index < -0.39 is 5.97 Å². The maximum Gasteiger partial charge on any atom is 0.331 e. The molecule has 26 heavy (non-hydrogen) atoms. The molecule has 0 amide bonds. The van der Waals surface area contributed by atoms with Gasteiger partial charge in [0, 0.05) is 11.6 Å². The van der Waals surface area contributed by atoms with Crippen molar-refractivity contribution in [3.05, 3.63) is 89.4 Å². The van der Waals surface area contributed by atoms with Gasteiger partial charge in [-0.05, 0) is 52.9 Å². The Labute approximate surface area is 150 Å². The summed E-state index contributed by atoms with van der Waals surface area (Å²) in [6, 6.07) is 17.3. The van der Waals surface area contributed by atoms with Crippen molar-refractivity contribution in [2.24, 2.45) is 0 Å². The third-order valence-corrected chi connectivity index (χ3v) is 4.39. The fourth-order valence-corrected chi connectivity index (χ4v) is 3.10. The van der Waals surface area contributed by atoms with E-state index in [1.165, 1.54) is 29.5 Å². The third kappa shape index (κ3) is 3.22. The number of carbonyl (C=O) groups excluding carboxylic acids is 2. The average molecular weight is 344 g/mol. The first kappa shape index (κ1) is 16.1. The Kier molecular flexibility index (Phi) is 4.23. The fourth-order valence-electron chi connectivity index (χ4n) is 3.10. The number of hydrogen-bond acceptors (Lipinski definition) is 4. The highest BCUT2D eigenvalue weighted by Gasteiger charge is 2.19. The molecule has 0 fully saturated rings. The fraction of sp³-hybridized carbons (Fsp3) is 0.0909. The van der Waals surface area contributed by atoms with Crippen molar-refractivity contribution in [2.75, 3.05) is 6.61 Å². The zero-order valence-corrected chi connectivity index (χ0v) is 14.0. The lowest BCUT2D eigenvalue weighted by Crippen LogP contribution is -2.12. The lowest BCUT2D eigenvalue weighted by Gasteiger charge is -2.05. The summed E-state index contributed by atoms with van der Waals surface area (Å²) in [4.78, 5) is 24.1. The molecule has 4 rings (SSSR count). The van der Waals surface area contributed by atoms with Crippen LogP contribution in [0.2, 0.25) is 0 Å². The van der Waals surface area contributed by atoms with Crippen LogP contribution in [0.1, 0.15) is 27.2 Å². The summed E-state index contributed by atoms with van der Waals surface area (Å²) in [6.45, 7) is -0.290. The predicted molar refractivity (Wildman–Crippen MR) is 97.7 cm³/mol. The van der Waals surface area contributed by atoms with Crippen LogP contribution in [0.3, 0.4) is 0 Å². The second kappa shape index (κ2) is 6.84. The van der Waals surface area contributed by atoms with Crippen molar-refractivity contribution in [2.45, 2.75) is 6.42 Å². The SMILES string of the molecule is O=C(/C=C/c1ccco1)OCC(=O)c1ccc2c(c1)-c1ccccc1C2. The van der Waals surface area contributed by atoms with E-state index in [2.05, 4.69) is 12.1 Å². The van der Waals surface area contributed by atoms with Crippen molar-refractivity contribution >= 4 is 17.8 Å². The van der Waals surface area contributed by atoms with E-state index in [0.29, 0.717) is 11.3 Å². The lowest BCUT2D eigenvalue weighted by atomic mass is 10.0.